The zero-order chi connectivity index (χ0) is 19.8. The lowest BCUT2D eigenvalue weighted by molar-refractivity contribution is 0.0688. The first-order valence-corrected chi connectivity index (χ1v) is 9.88. The number of benzene rings is 2. The second-order valence-electron chi connectivity index (χ2n) is 8.14. The van der Waals surface area contributed by atoms with E-state index in [2.05, 4.69) is 17.1 Å². The number of aliphatic imine (C=N–C) groups is 1. The fourth-order valence-electron chi connectivity index (χ4n) is 4.41. The van der Waals surface area contributed by atoms with Gasteiger partial charge < -0.3 is 5.11 Å². The summed E-state index contributed by atoms with van der Waals surface area (Å²) in [6, 6.07) is 12.8. The Balaban J connectivity index is 1.68. The average Bonchev–Trinajstić information content (AvgIpc) is 3.65. The highest BCUT2D eigenvalue weighted by atomic mass is 19.1. The summed E-state index contributed by atoms with van der Waals surface area (Å²) >= 11 is 0. The van der Waals surface area contributed by atoms with E-state index in [9.17, 15) is 14.3 Å². The van der Waals surface area contributed by atoms with Gasteiger partial charge in [-0.25, -0.2) is 14.2 Å². The van der Waals surface area contributed by atoms with Crippen LogP contribution in [-0.2, 0) is 5.54 Å². The Bertz CT molecular complexity index is 1220. The van der Waals surface area contributed by atoms with Gasteiger partial charge in [-0.1, -0.05) is 18.2 Å². The minimum absolute atomic E-state index is 0.0262. The second kappa shape index (κ2) is 5.63. The van der Waals surface area contributed by atoms with E-state index in [-0.39, 0.29) is 11.5 Å². The van der Waals surface area contributed by atoms with Crippen LogP contribution in [-0.4, -0.2) is 26.3 Å². The van der Waals surface area contributed by atoms with Crippen LogP contribution in [0.25, 0.3) is 5.69 Å². The van der Waals surface area contributed by atoms with Crippen LogP contribution in [0.5, 0.6) is 0 Å². The number of carboxylic acid groups (broad SMARTS) is 1. The standard InChI is InChI=1S/C23H18FN3O2/c24-17-4-2-1-3-15(17)19-16-11-14(13-5-6-13)7-8-18(16)27-12-25-20(22(28)29)21(27)23(26-19)9-10-23/h1-4,7-8,11-13H,5-6,9-10H2,(H,28,29). The molecule has 1 aromatic heterocycles. The topological polar surface area (TPSA) is 67.5 Å². The summed E-state index contributed by atoms with van der Waals surface area (Å²) in [6.45, 7) is 0. The van der Waals surface area contributed by atoms with E-state index in [4.69, 9.17) is 4.99 Å². The summed E-state index contributed by atoms with van der Waals surface area (Å²) in [6.07, 6.45) is 5.33. The van der Waals surface area contributed by atoms with Gasteiger partial charge in [0.2, 0.25) is 0 Å². The van der Waals surface area contributed by atoms with Crippen molar-refractivity contribution in [3.63, 3.8) is 0 Å². The number of rotatable bonds is 3. The van der Waals surface area contributed by atoms with Crippen molar-refractivity contribution in [3.8, 4) is 5.69 Å². The average molecular weight is 387 g/mol. The molecule has 6 rings (SSSR count). The van der Waals surface area contributed by atoms with Crippen LogP contribution < -0.4 is 0 Å². The fraction of sp³-hybridized carbons (Fsp3) is 0.261. The SMILES string of the molecule is O=C(O)c1ncn2c1C1(CC1)N=C(c1ccccc1F)c1cc(C3CC3)ccc1-2. The van der Waals surface area contributed by atoms with Crippen LogP contribution in [0.4, 0.5) is 4.39 Å². The lowest BCUT2D eigenvalue weighted by Crippen LogP contribution is -2.15. The number of fused-ring (bicyclic) bond motifs is 4. The van der Waals surface area contributed by atoms with Crippen LogP contribution in [0.1, 0.15) is 64.5 Å². The van der Waals surface area contributed by atoms with Crippen molar-refractivity contribution in [2.45, 2.75) is 37.1 Å². The number of hydrogen-bond donors (Lipinski definition) is 1. The number of carboxylic acids is 1. The van der Waals surface area contributed by atoms with Crippen LogP contribution in [0.15, 0.2) is 53.8 Å². The highest BCUT2D eigenvalue weighted by Crippen LogP contribution is 2.53. The number of halogens is 1. The Hall–Kier alpha value is -3.28. The molecule has 29 heavy (non-hydrogen) atoms. The van der Waals surface area contributed by atoms with E-state index in [1.807, 2.05) is 10.6 Å². The molecule has 144 valence electrons. The molecule has 3 aromatic rings. The van der Waals surface area contributed by atoms with Crippen molar-refractivity contribution in [1.82, 2.24) is 9.55 Å². The first-order valence-electron chi connectivity index (χ1n) is 9.88. The molecular formula is C23H18FN3O2. The van der Waals surface area contributed by atoms with Gasteiger partial charge >= 0.3 is 5.97 Å². The van der Waals surface area contributed by atoms with E-state index < -0.39 is 11.5 Å². The number of aromatic nitrogens is 2. The zero-order valence-electron chi connectivity index (χ0n) is 15.6. The van der Waals surface area contributed by atoms with Crippen molar-refractivity contribution in [1.29, 1.82) is 0 Å². The molecule has 1 aliphatic heterocycles. The third-order valence-electron chi connectivity index (χ3n) is 6.17. The van der Waals surface area contributed by atoms with Crippen molar-refractivity contribution < 1.29 is 14.3 Å². The first kappa shape index (κ1) is 16.7. The monoisotopic (exact) mass is 387 g/mol. The Kier molecular flexibility index (Phi) is 3.23. The van der Waals surface area contributed by atoms with Gasteiger partial charge in [0.1, 0.15) is 17.7 Å². The summed E-state index contributed by atoms with van der Waals surface area (Å²) < 4.78 is 16.7. The van der Waals surface area contributed by atoms with E-state index in [1.165, 1.54) is 11.6 Å². The molecule has 0 amide bonds. The van der Waals surface area contributed by atoms with Crippen LogP contribution in [0, 0.1) is 5.82 Å². The molecule has 0 saturated heterocycles. The van der Waals surface area contributed by atoms with Gasteiger partial charge in [-0.15, -0.1) is 0 Å². The van der Waals surface area contributed by atoms with E-state index in [0.29, 0.717) is 22.9 Å². The summed E-state index contributed by atoms with van der Waals surface area (Å²) in [4.78, 5) is 21.0. The maximum atomic E-state index is 14.8. The third-order valence-corrected chi connectivity index (χ3v) is 6.17. The first-order chi connectivity index (χ1) is 14.1. The van der Waals surface area contributed by atoms with Gasteiger partial charge in [-0.05, 0) is 61.4 Å². The normalized spacial score (nSPS) is 18.6. The molecule has 0 radical (unpaired) electrons. The lowest BCUT2D eigenvalue weighted by Gasteiger charge is -2.14. The highest BCUT2D eigenvalue weighted by Gasteiger charge is 2.51. The molecule has 1 spiro atoms. The summed E-state index contributed by atoms with van der Waals surface area (Å²) in [5.41, 5.74) is 3.85. The largest absolute Gasteiger partial charge is 0.476 e. The molecule has 0 atom stereocenters. The Morgan fingerprint density at radius 3 is 2.62 bits per heavy atom. The molecule has 2 fully saturated rings. The van der Waals surface area contributed by atoms with Gasteiger partial charge in [0.05, 0.1) is 17.1 Å². The predicted molar refractivity (Wildman–Crippen MR) is 105 cm³/mol. The number of aromatic carboxylic acids is 1. The Morgan fingerprint density at radius 1 is 1.14 bits per heavy atom. The minimum atomic E-state index is -1.06. The summed E-state index contributed by atoms with van der Waals surface area (Å²) in [5, 5.41) is 9.70. The smallest absolute Gasteiger partial charge is 0.356 e. The Labute approximate surface area is 166 Å². The van der Waals surface area contributed by atoms with Crippen LogP contribution in [0.3, 0.4) is 0 Å². The third kappa shape index (κ3) is 2.41. The molecule has 2 aromatic carbocycles. The molecule has 3 aliphatic rings. The molecule has 2 heterocycles. The maximum Gasteiger partial charge on any atom is 0.356 e. The molecular weight excluding hydrogens is 369 g/mol. The van der Waals surface area contributed by atoms with Gasteiger partial charge in [0, 0.05) is 11.1 Å². The maximum absolute atomic E-state index is 14.8. The molecule has 0 unspecified atom stereocenters. The number of carbonyl (C=O) groups is 1. The number of nitrogens with zero attached hydrogens (tertiary/aromatic N) is 3. The van der Waals surface area contributed by atoms with Crippen molar-refractivity contribution in [3.05, 3.63) is 82.7 Å². The Morgan fingerprint density at radius 2 is 1.93 bits per heavy atom. The molecule has 2 aliphatic carbocycles. The van der Waals surface area contributed by atoms with Gasteiger partial charge in [0.25, 0.3) is 0 Å². The van der Waals surface area contributed by atoms with E-state index in [0.717, 1.165) is 36.9 Å². The highest BCUT2D eigenvalue weighted by molar-refractivity contribution is 6.16. The molecule has 6 heteroatoms. The van der Waals surface area contributed by atoms with Crippen LogP contribution >= 0.6 is 0 Å². The van der Waals surface area contributed by atoms with Crippen molar-refractivity contribution in [2.24, 2.45) is 4.99 Å². The van der Waals surface area contributed by atoms with Crippen molar-refractivity contribution >= 4 is 11.7 Å². The van der Waals surface area contributed by atoms with E-state index >= 15 is 0 Å². The quantitative estimate of drug-likeness (QED) is 0.723. The molecule has 5 nitrogen and oxygen atoms in total. The van der Waals surface area contributed by atoms with E-state index in [1.54, 1.807) is 24.5 Å². The summed E-state index contributed by atoms with van der Waals surface area (Å²) in [7, 11) is 0. The summed E-state index contributed by atoms with van der Waals surface area (Å²) in [5.74, 6) is -0.851. The van der Waals surface area contributed by atoms with Crippen LogP contribution in [0.2, 0.25) is 0 Å². The molecule has 2 saturated carbocycles. The molecule has 0 bridgehead atoms. The van der Waals surface area contributed by atoms with Gasteiger partial charge in [-0.3, -0.25) is 9.56 Å². The zero-order valence-corrected chi connectivity index (χ0v) is 15.6. The van der Waals surface area contributed by atoms with Gasteiger partial charge in [0.15, 0.2) is 5.69 Å². The van der Waals surface area contributed by atoms with Crippen molar-refractivity contribution in [2.75, 3.05) is 0 Å². The number of imidazole rings is 1. The lowest BCUT2D eigenvalue weighted by atomic mass is 9.96. The number of hydrogen-bond acceptors (Lipinski definition) is 3. The molecule has 1 N–H and O–H groups in total. The fourth-order valence-corrected chi connectivity index (χ4v) is 4.41. The predicted octanol–water partition coefficient (Wildman–Crippen LogP) is 4.43. The van der Waals surface area contributed by atoms with Gasteiger partial charge in [-0.2, -0.15) is 0 Å². The minimum Gasteiger partial charge on any atom is -0.476 e. The second-order valence-corrected chi connectivity index (χ2v) is 8.14.